The molecule has 0 radical (unpaired) electrons. The largest absolute Gasteiger partial charge is 0.396 e. The number of hydrogen-bond acceptors (Lipinski definition) is 6. The lowest BCUT2D eigenvalue weighted by atomic mass is 10.3. The van der Waals surface area contributed by atoms with Gasteiger partial charge in [-0.3, -0.25) is 14.7 Å². The molecule has 0 saturated carbocycles. The molecule has 2 aromatic rings. The van der Waals surface area contributed by atoms with Gasteiger partial charge in [-0.05, 0) is 6.92 Å². The van der Waals surface area contributed by atoms with Gasteiger partial charge in [-0.1, -0.05) is 5.16 Å². The predicted molar refractivity (Wildman–Crippen MR) is 69.8 cm³/mol. The van der Waals surface area contributed by atoms with Crippen LogP contribution in [0.4, 0.5) is 11.5 Å². The molecule has 0 fully saturated rings. The molecule has 2 aromatic heterocycles. The molecule has 4 N–H and O–H groups in total. The number of H-pyrrole nitrogens is 1. The third-order valence-electron chi connectivity index (χ3n) is 2.51. The Bertz CT molecular complexity index is 632. The molecule has 9 nitrogen and oxygen atoms in total. The molecule has 106 valence electrons. The van der Waals surface area contributed by atoms with Gasteiger partial charge in [0.05, 0.1) is 18.4 Å². The number of aryl methyl sites for hydroxylation is 1. The number of amides is 2. The van der Waals surface area contributed by atoms with Gasteiger partial charge in [-0.2, -0.15) is 5.10 Å². The molecule has 2 rings (SSSR count). The van der Waals surface area contributed by atoms with Gasteiger partial charge in [0, 0.05) is 13.1 Å². The normalized spacial score (nSPS) is 10.3. The van der Waals surface area contributed by atoms with Crippen LogP contribution in [0.15, 0.2) is 16.8 Å². The molecule has 0 aliphatic rings. The van der Waals surface area contributed by atoms with Crippen LogP contribution in [0, 0.1) is 6.92 Å². The van der Waals surface area contributed by atoms with Gasteiger partial charge in [0.2, 0.25) is 5.91 Å². The molecule has 0 unspecified atom stereocenters. The lowest BCUT2D eigenvalue weighted by molar-refractivity contribution is -0.116. The van der Waals surface area contributed by atoms with E-state index in [0.29, 0.717) is 11.6 Å². The number of aromatic amines is 1. The van der Waals surface area contributed by atoms with Crippen molar-refractivity contribution in [3.8, 4) is 0 Å². The number of likely N-dealkylation sites (N-methyl/N-ethyl adjacent to an activating group) is 1. The van der Waals surface area contributed by atoms with E-state index in [0.717, 1.165) is 0 Å². The van der Waals surface area contributed by atoms with Crippen LogP contribution in [0.1, 0.15) is 16.2 Å². The van der Waals surface area contributed by atoms with Crippen molar-refractivity contribution in [2.24, 2.45) is 0 Å². The first kappa shape index (κ1) is 13.6. The molecule has 9 heteroatoms. The maximum absolute atomic E-state index is 12.0. The minimum atomic E-state index is -0.425. The average molecular weight is 278 g/mol. The highest BCUT2D eigenvalue weighted by Gasteiger charge is 2.19. The number of rotatable bonds is 4. The van der Waals surface area contributed by atoms with Gasteiger partial charge in [-0.15, -0.1) is 0 Å². The van der Waals surface area contributed by atoms with Crippen LogP contribution in [-0.4, -0.2) is 45.7 Å². The Kier molecular flexibility index (Phi) is 3.69. The van der Waals surface area contributed by atoms with Gasteiger partial charge in [-0.25, -0.2) is 0 Å². The summed E-state index contributed by atoms with van der Waals surface area (Å²) in [4.78, 5) is 24.9. The highest BCUT2D eigenvalue weighted by molar-refractivity contribution is 6.00. The van der Waals surface area contributed by atoms with Crippen molar-refractivity contribution in [1.82, 2.24) is 20.3 Å². The summed E-state index contributed by atoms with van der Waals surface area (Å²) in [6, 6.07) is 1.58. The van der Waals surface area contributed by atoms with E-state index in [4.69, 9.17) is 10.3 Å². The van der Waals surface area contributed by atoms with Crippen molar-refractivity contribution in [3.05, 3.63) is 23.7 Å². The van der Waals surface area contributed by atoms with Crippen LogP contribution >= 0.6 is 0 Å². The Morgan fingerprint density at radius 2 is 2.30 bits per heavy atom. The standard InChI is InChI=1S/C11H14N6O3/c1-6-3-8(16-20-6)14-9(18)5-17(2)11(19)10-7(12)4-13-15-10/h3-4H,5,12H2,1-2H3,(H,13,15)(H,14,16,18). The molecule has 2 amide bonds. The highest BCUT2D eigenvalue weighted by atomic mass is 16.5. The fourth-order valence-corrected chi connectivity index (χ4v) is 1.55. The van der Waals surface area contributed by atoms with Gasteiger partial charge < -0.3 is 20.5 Å². The number of nitrogen functional groups attached to an aromatic ring is 1. The first-order valence-electron chi connectivity index (χ1n) is 5.75. The summed E-state index contributed by atoms with van der Waals surface area (Å²) < 4.78 is 4.82. The van der Waals surface area contributed by atoms with E-state index in [2.05, 4.69) is 20.7 Å². The van der Waals surface area contributed by atoms with Crippen molar-refractivity contribution in [3.63, 3.8) is 0 Å². The summed E-state index contributed by atoms with van der Waals surface area (Å²) in [7, 11) is 1.48. The number of carbonyl (C=O) groups excluding carboxylic acids is 2. The Labute approximate surface area is 114 Å². The maximum Gasteiger partial charge on any atom is 0.274 e. The summed E-state index contributed by atoms with van der Waals surface area (Å²) in [5.74, 6) is 0.0584. The van der Waals surface area contributed by atoms with E-state index in [-0.39, 0.29) is 17.9 Å². The first-order valence-corrected chi connectivity index (χ1v) is 5.75. The number of aromatic nitrogens is 3. The van der Waals surface area contributed by atoms with Gasteiger partial charge in [0.1, 0.15) is 11.5 Å². The number of nitrogens with zero attached hydrogens (tertiary/aromatic N) is 3. The van der Waals surface area contributed by atoms with E-state index < -0.39 is 11.8 Å². The van der Waals surface area contributed by atoms with Gasteiger partial charge in [0.25, 0.3) is 5.91 Å². The SMILES string of the molecule is Cc1cc(NC(=O)CN(C)C(=O)c2[nH]ncc2N)no1. The summed E-state index contributed by atoms with van der Waals surface area (Å²) in [5, 5.41) is 12.3. The molecule has 2 heterocycles. The first-order chi connectivity index (χ1) is 9.47. The predicted octanol–water partition coefficient (Wildman–Crippen LogP) is -0.000980. The zero-order valence-corrected chi connectivity index (χ0v) is 11.0. The number of carbonyl (C=O) groups is 2. The van der Waals surface area contributed by atoms with E-state index >= 15 is 0 Å². The van der Waals surface area contributed by atoms with Crippen LogP contribution in [0.3, 0.4) is 0 Å². The van der Waals surface area contributed by atoms with Crippen LogP contribution in [0.25, 0.3) is 0 Å². The smallest absolute Gasteiger partial charge is 0.274 e. The Morgan fingerprint density at radius 3 is 2.85 bits per heavy atom. The zero-order valence-electron chi connectivity index (χ0n) is 11.0. The number of nitrogens with one attached hydrogen (secondary N) is 2. The maximum atomic E-state index is 12.0. The van der Waals surface area contributed by atoms with Crippen LogP contribution < -0.4 is 11.1 Å². The minimum Gasteiger partial charge on any atom is -0.396 e. The summed E-state index contributed by atoms with van der Waals surface area (Å²) in [5.41, 5.74) is 5.95. The monoisotopic (exact) mass is 278 g/mol. The number of anilines is 2. The fourth-order valence-electron chi connectivity index (χ4n) is 1.55. The lowest BCUT2D eigenvalue weighted by Gasteiger charge is -2.15. The Morgan fingerprint density at radius 1 is 1.55 bits per heavy atom. The number of hydrogen-bond donors (Lipinski definition) is 3. The molecule has 0 bridgehead atoms. The van der Waals surface area contributed by atoms with Crippen molar-refractivity contribution in [1.29, 1.82) is 0 Å². The molecule has 0 spiro atoms. The van der Waals surface area contributed by atoms with Crippen molar-refractivity contribution in [2.75, 3.05) is 24.6 Å². The Balaban J connectivity index is 1.94. The molecule has 0 saturated heterocycles. The summed E-state index contributed by atoms with van der Waals surface area (Å²) in [6.45, 7) is 1.56. The third kappa shape index (κ3) is 2.94. The lowest BCUT2D eigenvalue weighted by Crippen LogP contribution is -2.35. The van der Waals surface area contributed by atoms with E-state index in [1.54, 1.807) is 13.0 Å². The summed E-state index contributed by atoms with van der Waals surface area (Å²) >= 11 is 0. The third-order valence-corrected chi connectivity index (χ3v) is 2.51. The van der Waals surface area contributed by atoms with Crippen LogP contribution in [0.2, 0.25) is 0 Å². The average Bonchev–Trinajstić information content (AvgIpc) is 2.97. The van der Waals surface area contributed by atoms with Crippen LogP contribution in [0.5, 0.6) is 0 Å². The molecule has 0 aliphatic heterocycles. The Hall–Kier alpha value is -2.84. The van der Waals surface area contributed by atoms with Crippen molar-refractivity contribution >= 4 is 23.3 Å². The molecular formula is C11H14N6O3. The molecule has 0 aliphatic carbocycles. The van der Waals surface area contributed by atoms with Gasteiger partial charge in [0.15, 0.2) is 5.82 Å². The zero-order chi connectivity index (χ0) is 14.7. The highest BCUT2D eigenvalue weighted by Crippen LogP contribution is 2.10. The van der Waals surface area contributed by atoms with Crippen molar-refractivity contribution in [2.45, 2.75) is 6.92 Å². The molecular weight excluding hydrogens is 264 g/mol. The van der Waals surface area contributed by atoms with E-state index in [1.807, 2.05) is 0 Å². The summed E-state index contributed by atoms with van der Waals surface area (Å²) in [6.07, 6.45) is 1.33. The fraction of sp³-hybridized carbons (Fsp3) is 0.273. The second kappa shape index (κ2) is 5.43. The van der Waals surface area contributed by atoms with Gasteiger partial charge >= 0.3 is 0 Å². The molecule has 20 heavy (non-hydrogen) atoms. The number of nitrogens with two attached hydrogens (primary N) is 1. The second-order valence-corrected chi connectivity index (χ2v) is 4.23. The van der Waals surface area contributed by atoms with E-state index in [9.17, 15) is 9.59 Å². The minimum absolute atomic E-state index is 0.150. The van der Waals surface area contributed by atoms with E-state index in [1.165, 1.54) is 18.1 Å². The quantitative estimate of drug-likeness (QED) is 0.721. The second-order valence-electron chi connectivity index (χ2n) is 4.23. The molecule has 0 atom stereocenters. The topological polar surface area (TPSA) is 130 Å². The molecule has 0 aromatic carbocycles. The van der Waals surface area contributed by atoms with Crippen molar-refractivity contribution < 1.29 is 14.1 Å². The van der Waals surface area contributed by atoms with Crippen LogP contribution in [-0.2, 0) is 4.79 Å².